The van der Waals surface area contributed by atoms with Crippen LogP contribution in [0.2, 0.25) is 5.15 Å². The number of nitrogens with one attached hydrogen (secondary N) is 1. The maximum Gasteiger partial charge on any atom is 0.137 e. The van der Waals surface area contributed by atoms with Crippen molar-refractivity contribution in [2.24, 2.45) is 0 Å². The van der Waals surface area contributed by atoms with Crippen LogP contribution in [0.25, 0.3) is 0 Å². The van der Waals surface area contributed by atoms with Crippen molar-refractivity contribution >= 4 is 28.8 Å². The highest BCUT2D eigenvalue weighted by molar-refractivity contribution is 7.11. The summed E-state index contributed by atoms with van der Waals surface area (Å²) < 4.78 is 0. The Kier molecular flexibility index (Phi) is 3.82. The molecule has 2 aromatic heterocycles. The highest BCUT2D eigenvalue weighted by Gasteiger charge is 2.13. The van der Waals surface area contributed by atoms with Crippen molar-refractivity contribution in [1.29, 1.82) is 0 Å². The van der Waals surface area contributed by atoms with Crippen LogP contribution >= 0.6 is 22.9 Å². The zero-order valence-corrected chi connectivity index (χ0v) is 12.4. The minimum Gasteiger partial charge on any atom is -0.361 e. The first-order chi connectivity index (χ1) is 8.47. The number of hydrogen-bond donors (Lipinski definition) is 1. The lowest BCUT2D eigenvalue weighted by Crippen LogP contribution is -2.10. The fourth-order valence-electron chi connectivity index (χ4n) is 1.57. The van der Waals surface area contributed by atoms with Crippen molar-refractivity contribution in [3.8, 4) is 0 Å². The first-order valence-corrected chi connectivity index (χ1v) is 6.86. The Morgan fingerprint density at radius 1 is 1.28 bits per heavy atom. The van der Waals surface area contributed by atoms with Gasteiger partial charge in [-0.3, -0.25) is 0 Å². The number of aryl methyl sites for hydroxylation is 2. The molecule has 1 atom stereocenters. The zero-order chi connectivity index (χ0) is 13.3. The number of thiazole rings is 1. The van der Waals surface area contributed by atoms with Gasteiger partial charge in [0, 0.05) is 16.6 Å². The first kappa shape index (κ1) is 13.2. The predicted molar refractivity (Wildman–Crippen MR) is 75.4 cm³/mol. The van der Waals surface area contributed by atoms with Gasteiger partial charge in [0.2, 0.25) is 0 Å². The minimum absolute atomic E-state index is 0.104. The van der Waals surface area contributed by atoms with E-state index in [-0.39, 0.29) is 6.04 Å². The lowest BCUT2D eigenvalue weighted by molar-refractivity contribution is 0.850. The molecule has 0 fully saturated rings. The second-order valence-corrected chi connectivity index (χ2v) is 5.83. The molecule has 1 unspecified atom stereocenters. The molecule has 0 amide bonds. The van der Waals surface area contributed by atoms with Gasteiger partial charge in [-0.2, -0.15) is 0 Å². The molecule has 2 heterocycles. The van der Waals surface area contributed by atoms with Gasteiger partial charge in [0.05, 0.1) is 6.04 Å². The van der Waals surface area contributed by atoms with Gasteiger partial charge in [-0.15, -0.1) is 11.3 Å². The molecule has 0 aliphatic rings. The van der Waals surface area contributed by atoms with Gasteiger partial charge in [-0.05, 0) is 27.7 Å². The van der Waals surface area contributed by atoms with E-state index in [1.165, 1.54) is 4.88 Å². The molecule has 0 spiro atoms. The van der Waals surface area contributed by atoms with Gasteiger partial charge in [0.25, 0.3) is 0 Å². The van der Waals surface area contributed by atoms with Crippen LogP contribution in [0, 0.1) is 20.8 Å². The monoisotopic (exact) mass is 282 g/mol. The SMILES string of the molecule is Cc1nc(Cl)c(C)c(NC(C)c2ncc(C)s2)n1. The average Bonchev–Trinajstić information content (AvgIpc) is 2.72. The molecular weight excluding hydrogens is 268 g/mol. The van der Waals surface area contributed by atoms with Crippen LogP contribution in [-0.2, 0) is 0 Å². The largest absolute Gasteiger partial charge is 0.361 e. The van der Waals surface area contributed by atoms with E-state index in [2.05, 4.69) is 27.2 Å². The van der Waals surface area contributed by atoms with Crippen LogP contribution in [0.4, 0.5) is 5.82 Å². The lowest BCUT2D eigenvalue weighted by atomic mass is 10.3. The summed E-state index contributed by atoms with van der Waals surface area (Å²) in [7, 11) is 0. The summed E-state index contributed by atoms with van der Waals surface area (Å²) in [5, 5.41) is 4.87. The van der Waals surface area contributed by atoms with Gasteiger partial charge < -0.3 is 5.32 Å². The molecular formula is C12H15ClN4S. The third-order valence-corrected chi connectivity index (χ3v) is 4.02. The third-order valence-electron chi connectivity index (χ3n) is 2.56. The van der Waals surface area contributed by atoms with Crippen LogP contribution < -0.4 is 5.32 Å². The van der Waals surface area contributed by atoms with Gasteiger partial charge >= 0.3 is 0 Å². The highest BCUT2D eigenvalue weighted by atomic mass is 35.5. The number of anilines is 1. The van der Waals surface area contributed by atoms with Gasteiger partial charge in [0.15, 0.2) is 0 Å². The van der Waals surface area contributed by atoms with Crippen LogP contribution in [0.3, 0.4) is 0 Å². The van der Waals surface area contributed by atoms with E-state index in [1.54, 1.807) is 11.3 Å². The Balaban J connectivity index is 2.24. The van der Waals surface area contributed by atoms with Crippen molar-refractivity contribution in [1.82, 2.24) is 15.0 Å². The van der Waals surface area contributed by atoms with Crippen molar-refractivity contribution in [3.63, 3.8) is 0 Å². The smallest absolute Gasteiger partial charge is 0.137 e. The fraction of sp³-hybridized carbons (Fsp3) is 0.417. The van der Waals surface area contributed by atoms with E-state index in [0.717, 1.165) is 16.4 Å². The molecule has 2 rings (SSSR count). The molecule has 96 valence electrons. The second kappa shape index (κ2) is 5.20. The molecule has 0 bridgehead atoms. The van der Waals surface area contributed by atoms with Crippen LogP contribution in [0.15, 0.2) is 6.20 Å². The number of rotatable bonds is 3. The normalized spacial score (nSPS) is 12.5. The Morgan fingerprint density at radius 3 is 2.61 bits per heavy atom. The maximum absolute atomic E-state index is 6.05. The van der Waals surface area contributed by atoms with Crippen LogP contribution in [0.5, 0.6) is 0 Å². The number of aromatic nitrogens is 3. The standard InChI is InChI=1S/C12H15ClN4S/c1-6-5-14-12(18-6)8(3)15-11-7(2)10(13)16-9(4)17-11/h5,8H,1-4H3,(H,15,16,17). The summed E-state index contributed by atoms with van der Waals surface area (Å²) in [4.78, 5) is 14.1. The topological polar surface area (TPSA) is 50.7 Å². The quantitative estimate of drug-likeness (QED) is 0.873. The summed E-state index contributed by atoms with van der Waals surface area (Å²) in [5.41, 5.74) is 0.863. The highest BCUT2D eigenvalue weighted by Crippen LogP contribution is 2.26. The Hall–Kier alpha value is -1.20. The van der Waals surface area contributed by atoms with Crippen molar-refractivity contribution in [2.75, 3.05) is 5.32 Å². The van der Waals surface area contributed by atoms with E-state index in [4.69, 9.17) is 11.6 Å². The molecule has 0 saturated heterocycles. The lowest BCUT2D eigenvalue weighted by Gasteiger charge is -2.14. The number of hydrogen-bond acceptors (Lipinski definition) is 5. The number of nitrogens with zero attached hydrogens (tertiary/aromatic N) is 3. The molecule has 4 nitrogen and oxygen atoms in total. The fourth-order valence-corrected chi connectivity index (χ4v) is 2.56. The van der Waals surface area contributed by atoms with E-state index in [9.17, 15) is 0 Å². The van der Waals surface area contributed by atoms with Gasteiger partial charge in [-0.1, -0.05) is 11.6 Å². The summed E-state index contributed by atoms with van der Waals surface area (Å²) in [5.74, 6) is 1.43. The molecule has 0 aromatic carbocycles. The van der Waals surface area contributed by atoms with Crippen LogP contribution in [0.1, 0.15) is 34.2 Å². The van der Waals surface area contributed by atoms with E-state index >= 15 is 0 Å². The van der Waals surface area contributed by atoms with E-state index in [0.29, 0.717) is 11.0 Å². The zero-order valence-electron chi connectivity index (χ0n) is 10.8. The summed E-state index contributed by atoms with van der Waals surface area (Å²) in [6.07, 6.45) is 1.88. The average molecular weight is 283 g/mol. The van der Waals surface area contributed by atoms with Crippen molar-refractivity contribution < 1.29 is 0 Å². The summed E-state index contributed by atoms with van der Waals surface area (Å²) in [6.45, 7) is 7.84. The van der Waals surface area contributed by atoms with Crippen molar-refractivity contribution in [3.05, 3.63) is 32.6 Å². The minimum atomic E-state index is 0.104. The molecule has 0 saturated carbocycles. The molecule has 0 aliphatic heterocycles. The molecule has 1 N–H and O–H groups in total. The van der Waals surface area contributed by atoms with E-state index in [1.807, 2.05) is 27.0 Å². The van der Waals surface area contributed by atoms with Crippen LogP contribution in [-0.4, -0.2) is 15.0 Å². The Bertz CT molecular complexity index is 567. The molecule has 18 heavy (non-hydrogen) atoms. The maximum atomic E-state index is 6.05. The third kappa shape index (κ3) is 2.79. The summed E-state index contributed by atoms with van der Waals surface area (Å²) in [6, 6.07) is 0.104. The molecule has 6 heteroatoms. The van der Waals surface area contributed by atoms with Gasteiger partial charge in [-0.25, -0.2) is 15.0 Å². The Morgan fingerprint density at radius 2 is 2.00 bits per heavy atom. The van der Waals surface area contributed by atoms with Gasteiger partial charge in [0.1, 0.15) is 21.8 Å². The molecule has 0 aliphatic carbocycles. The van der Waals surface area contributed by atoms with Crippen molar-refractivity contribution in [2.45, 2.75) is 33.7 Å². The van der Waals surface area contributed by atoms with E-state index < -0.39 is 0 Å². The molecule has 2 aromatic rings. The Labute approximate surface area is 115 Å². The predicted octanol–water partition coefficient (Wildman–Crippen LogP) is 3.68. The second-order valence-electron chi connectivity index (χ2n) is 4.21. The summed E-state index contributed by atoms with van der Waals surface area (Å²) >= 11 is 7.73. The number of halogens is 1. The molecule has 0 radical (unpaired) electrons. The first-order valence-electron chi connectivity index (χ1n) is 5.67.